The molecule has 0 aliphatic heterocycles. The summed E-state index contributed by atoms with van der Waals surface area (Å²) in [5.41, 5.74) is 1.14. The molecular formula is C11H17NO. The number of pyridine rings is 1. The van der Waals surface area contributed by atoms with Crippen LogP contribution in [-0.2, 0) is 4.74 Å². The van der Waals surface area contributed by atoms with E-state index in [0.29, 0.717) is 6.10 Å². The average Bonchev–Trinajstić information content (AvgIpc) is 2.19. The Labute approximate surface area is 80.0 Å². The van der Waals surface area contributed by atoms with Gasteiger partial charge in [-0.05, 0) is 31.9 Å². The minimum atomic E-state index is 0.142. The van der Waals surface area contributed by atoms with E-state index in [1.807, 2.05) is 18.3 Å². The molecule has 72 valence electrons. The van der Waals surface area contributed by atoms with Crippen LogP contribution in [0.15, 0.2) is 24.5 Å². The molecule has 0 fully saturated rings. The van der Waals surface area contributed by atoms with E-state index in [0.717, 1.165) is 12.0 Å². The molecule has 1 rings (SSSR count). The Morgan fingerprint density at radius 3 is 2.77 bits per heavy atom. The molecule has 2 atom stereocenters. The maximum Gasteiger partial charge on any atom is 0.0815 e. The van der Waals surface area contributed by atoms with Crippen molar-refractivity contribution in [3.8, 4) is 0 Å². The van der Waals surface area contributed by atoms with Crippen molar-refractivity contribution in [1.82, 2.24) is 4.98 Å². The predicted octanol–water partition coefficient (Wildman–Crippen LogP) is 2.96. The molecule has 1 aromatic heterocycles. The van der Waals surface area contributed by atoms with E-state index < -0.39 is 0 Å². The maximum atomic E-state index is 5.75. The van der Waals surface area contributed by atoms with Crippen molar-refractivity contribution >= 4 is 0 Å². The summed E-state index contributed by atoms with van der Waals surface area (Å²) in [5, 5.41) is 0. The first-order valence-electron chi connectivity index (χ1n) is 4.79. The van der Waals surface area contributed by atoms with E-state index in [9.17, 15) is 0 Å². The van der Waals surface area contributed by atoms with Gasteiger partial charge in [-0.25, -0.2) is 0 Å². The highest BCUT2D eigenvalue weighted by molar-refractivity contribution is 5.11. The second kappa shape index (κ2) is 4.97. The highest BCUT2D eigenvalue weighted by atomic mass is 16.5. The van der Waals surface area contributed by atoms with Gasteiger partial charge < -0.3 is 4.74 Å². The van der Waals surface area contributed by atoms with Crippen molar-refractivity contribution in [2.45, 2.75) is 39.4 Å². The topological polar surface area (TPSA) is 22.1 Å². The molecule has 0 radical (unpaired) electrons. The third-order valence-corrected chi connectivity index (χ3v) is 2.17. The molecule has 0 aromatic carbocycles. The minimum Gasteiger partial charge on any atom is -0.371 e. The molecule has 0 aliphatic carbocycles. The lowest BCUT2D eigenvalue weighted by molar-refractivity contribution is 0.00531. The van der Waals surface area contributed by atoms with Crippen molar-refractivity contribution < 1.29 is 4.74 Å². The highest BCUT2D eigenvalue weighted by Gasteiger charge is 2.08. The van der Waals surface area contributed by atoms with Crippen molar-refractivity contribution in [1.29, 1.82) is 0 Å². The van der Waals surface area contributed by atoms with Gasteiger partial charge in [0.15, 0.2) is 0 Å². The second-order valence-electron chi connectivity index (χ2n) is 3.28. The van der Waals surface area contributed by atoms with E-state index in [4.69, 9.17) is 4.74 Å². The molecule has 13 heavy (non-hydrogen) atoms. The Hall–Kier alpha value is -0.890. The summed E-state index contributed by atoms with van der Waals surface area (Å²) in [6.45, 7) is 6.27. The van der Waals surface area contributed by atoms with Gasteiger partial charge in [0.2, 0.25) is 0 Å². The number of hydrogen-bond acceptors (Lipinski definition) is 2. The van der Waals surface area contributed by atoms with E-state index >= 15 is 0 Å². The van der Waals surface area contributed by atoms with Crippen LogP contribution in [0.3, 0.4) is 0 Å². The van der Waals surface area contributed by atoms with Gasteiger partial charge in [0.05, 0.1) is 12.2 Å². The van der Waals surface area contributed by atoms with Crippen molar-refractivity contribution in [2.24, 2.45) is 0 Å². The monoisotopic (exact) mass is 179 g/mol. The third kappa shape index (κ3) is 3.15. The van der Waals surface area contributed by atoms with Crippen LogP contribution in [0.5, 0.6) is 0 Å². The Kier molecular flexibility index (Phi) is 3.90. The molecule has 0 saturated carbocycles. The van der Waals surface area contributed by atoms with Crippen LogP contribution >= 0.6 is 0 Å². The minimum absolute atomic E-state index is 0.142. The third-order valence-electron chi connectivity index (χ3n) is 2.17. The first kappa shape index (κ1) is 10.2. The molecule has 2 nitrogen and oxygen atoms in total. The summed E-state index contributed by atoms with van der Waals surface area (Å²) >= 11 is 0. The zero-order valence-corrected chi connectivity index (χ0v) is 8.53. The second-order valence-corrected chi connectivity index (χ2v) is 3.28. The lowest BCUT2D eigenvalue weighted by atomic mass is 10.2. The quantitative estimate of drug-likeness (QED) is 0.709. The van der Waals surface area contributed by atoms with Gasteiger partial charge in [-0.3, -0.25) is 4.98 Å². The van der Waals surface area contributed by atoms with Gasteiger partial charge in [0.1, 0.15) is 0 Å². The zero-order chi connectivity index (χ0) is 9.68. The number of hydrogen-bond donors (Lipinski definition) is 0. The Balaban J connectivity index is 2.53. The Bertz CT molecular complexity index is 235. The molecule has 2 unspecified atom stereocenters. The molecule has 0 spiro atoms. The van der Waals surface area contributed by atoms with E-state index in [2.05, 4.69) is 25.8 Å². The van der Waals surface area contributed by atoms with Crippen LogP contribution in [0.25, 0.3) is 0 Å². The summed E-state index contributed by atoms with van der Waals surface area (Å²) in [4.78, 5) is 4.06. The average molecular weight is 179 g/mol. The number of ether oxygens (including phenoxy) is 1. The Morgan fingerprint density at radius 1 is 1.46 bits per heavy atom. The molecule has 0 aliphatic rings. The van der Waals surface area contributed by atoms with Crippen LogP contribution in [0.2, 0.25) is 0 Å². The standard InChI is InChI=1S/C11H17NO/c1-4-9(2)13-10(3)11-6-5-7-12-8-11/h5-10H,4H2,1-3H3. The summed E-state index contributed by atoms with van der Waals surface area (Å²) in [5.74, 6) is 0. The zero-order valence-electron chi connectivity index (χ0n) is 8.53. The SMILES string of the molecule is CCC(C)OC(C)c1cccnc1. The maximum absolute atomic E-state index is 5.75. The molecule has 1 aromatic rings. The van der Waals surface area contributed by atoms with Crippen LogP contribution in [0.1, 0.15) is 38.9 Å². The summed E-state index contributed by atoms with van der Waals surface area (Å²) in [6, 6.07) is 3.98. The molecular weight excluding hydrogens is 162 g/mol. The fourth-order valence-corrected chi connectivity index (χ4v) is 1.14. The smallest absolute Gasteiger partial charge is 0.0815 e. The molecule has 0 N–H and O–H groups in total. The molecule has 0 amide bonds. The fraction of sp³-hybridized carbons (Fsp3) is 0.545. The van der Waals surface area contributed by atoms with E-state index in [1.165, 1.54) is 0 Å². The van der Waals surface area contributed by atoms with Gasteiger partial charge in [0, 0.05) is 12.4 Å². The van der Waals surface area contributed by atoms with E-state index in [-0.39, 0.29) is 6.10 Å². The highest BCUT2D eigenvalue weighted by Crippen LogP contribution is 2.17. The predicted molar refractivity (Wildman–Crippen MR) is 53.5 cm³/mol. The molecule has 1 heterocycles. The van der Waals surface area contributed by atoms with Crippen LogP contribution in [0.4, 0.5) is 0 Å². The molecule has 0 bridgehead atoms. The normalized spacial score (nSPS) is 15.3. The number of aromatic nitrogens is 1. The van der Waals surface area contributed by atoms with Crippen molar-refractivity contribution in [2.75, 3.05) is 0 Å². The number of rotatable bonds is 4. The number of nitrogens with zero attached hydrogens (tertiary/aromatic N) is 1. The van der Waals surface area contributed by atoms with Gasteiger partial charge in [-0.15, -0.1) is 0 Å². The lowest BCUT2D eigenvalue weighted by Gasteiger charge is -2.17. The fourth-order valence-electron chi connectivity index (χ4n) is 1.14. The van der Waals surface area contributed by atoms with Crippen LogP contribution in [-0.4, -0.2) is 11.1 Å². The summed E-state index contributed by atoms with van der Waals surface area (Å²) in [6.07, 6.45) is 5.13. The first-order chi connectivity index (χ1) is 6.24. The molecule has 2 heteroatoms. The summed E-state index contributed by atoms with van der Waals surface area (Å²) in [7, 11) is 0. The molecule has 0 saturated heterocycles. The van der Waals surface area contributed by atoms with Crippen LogP contribution < -0.4 is 0 Å². The first-order valence-corrected chi connectivity index (χ1v) is 4.79. The van der Waals surface area contributed by atoms with Crippen LogP contribution in [0, 0.1) is 0 Å². The van der Waals surface area contributed by atoms with Gasteiger partial charge in [-0.1, -0.05) is 13.0 Å². The van der Waals surface area contributed by atoms with Gasteiger partial charge >= 0.3 is 0 Å². The Morgan fingerprint density at radius 2 is 2.23 bits per heavy atom. The van der Waals surface area contributed by atoms with E-state index in [1.54, 1.807) is 6.20 Å². The van der Waals surface area contributed by atoms with Gasteiger partial charge in [0.25, 0.3) is 0 Å². The van der Waals surface area contributed by atoms with Gasteiger partial charge in [-0.2, -0.15) is 0 Å². The van der Waals surface area contributed by atoms with Crippen molar-refractivity contribution in [3.05, 3.63) is 30.1 Å². The van der Waals surface area contributed by atoms with Crippen molar-refractivity contribution in [3.63, 3.8) is 0 Å². The largest absolute Gasteiger partial charge is 0.371 e. The summed E-state index contributed by atoms with van der Waals surface area (Å²) < 4.78 is 5.75. The lowest BCUT2D eigenvalue weighted by Crippen LogP contribution is -2.10.